The molecule has 0 bridgehead atoms. The summed E-state index contributed by atoms with van der Waals surface area (Å²) in [6.07, 6.45) is 1.29. The number of aliphatic hydroxyl groups excluding tert-OH is 1. The van der Waals surface area contributed by atoms with E-state index in [0.29, 0.717) is 0 Å². The van der Waals surface area contributed by atoms with Gasteiger partial charge in [-0.05, 0) is 0 Å². The number of rotatable bonds is 2. The fraction of sp³-hybridized carbons (Fsp3) is 1.00. The van der Waals surface area contributed by atoms with E-state index in [1.807, 2.05) is 0 Å². The van der Waals surface area contributed by atoms with Crippen LogP contribution in [0.2, 0.25) is 44.6 Å². The third-order valence-corrected chi connectivity index (χ3v) is 82.9. The van der Waals surface area contributed by atoms with Crippen LogP contribution in [0.5, 0.6) is 0 Å². The fourth-order valence-corrected chi connectivity index (χ4v) is 152. The number of hydrogen-bond donors (Lipinski definition) is 1. The molecule has 1 N–H and O–H groups in total. The van der Waals surface area contributed by atoms with E-state index in [9.17, 15) is 5.11 Å². The van der Waals surface area contributed by atoms with E-state index >= 15 is 0 Å². The molecule has 0 saturated carbocycles. The van der Waals surface area contributed by atoms with Gasteiger partial charge in [0.05, 0.1) is 0 Å². The van der Waals surface area contributed by atoms with E-state index in [0.717, 1.165) is 10.4 Å². The summed E-state index contributed by atoms with van der Waals surface area (Å²) in [5.41, 5.74) is 0. The Morgan fingerprint density at radius 3 is 1.67 bits per heavy atom. The van der Waals surface area contributed by atoms with E-state index < -0.39 is 7.72 Å². The second-order valence-electron chi connectivity index (χ2n) is 10.7. The van der Waals surface area contributed by atoms with Crippen LogP contribution in [0.15, 0.2) is 0 Å². The van der Waals surface area contributed by atoms with Crippen LogP contribution in [-0.2, 0) is 7.72 Å². The number of fused-ring (bicyclic) bond motifs is 10. The Hall–Kier alpha value is 0.583. The van der Waals surface area contributed by atoms with Gasteiger partial charge >= 0.3 is 76.9 Å². The summed E-state index contributed by atoms with van der Waals surface area (Å²) in [5, 5.41) is 10.7. The summed E-state index contributed by atoms with van der Waals surface area (Å²) in [6.45, 7) is 2.25. The van der Waals surface area contributed by atoms with Crippen molar-refractivity contribution in [2.45, 2.75) is 64.1 Å². The second kappa shape index (κ2) is 0.395. The van der Waals surface area contributed by atoms with Gasteiger partial charge in [-0.15, -0.1) is 0 Å². The predicted octanol–water partition coefficient (Wildman–Crippen LogP) is 3.52. The maximum absolute atomic E-state index is 10.7. The van der Waals surface area contributed by atoms with Gasteiger partial charge in [0.1, 0.15) is 0 Å². The molecule has 10 heterocycles. The molecule has 0 aromatic carbocycles. The van der Waals surface area contributed by atoms with Crippen molar-refractivity contribution in [3.63, 3.8) is 0 Å². The molecule has 15 heavy (non-hydrogen) atoms. The Kier molecular flexibility index (Phi) is 0.144. The van der Waals surface area contributed by atoms with Crippen LogP contribution in [-0.4, -0.2) is 11.2 Å². The van der Waals surface area contributed by atoms with Gasteiger partial charge in [0.15, 0.2) is 0 Å². The van der Waals surface area contributed by atoms with E-state index in [2.05, 4.69) is 6.92 Å². The van der Waals surface area contributed by atoms with Gasteiger partial charge in [0.2, 0.25) is 0 Å². The van der Waals surface area contributed by atoms with E-state index in [4.69, 9.17) is 0 Å². The van der Waals surface area contributed by atoms with Crippen LogP contribution in [0, 0.1) is 0 Å². The monoisotopic (exact) mass is 290 g/mol. The van der Waals surface area contributed by atoms with Gasteiger partial charge in [-0.1, -0.05) is 0 Å². The van der Waals surface area contributed by atoms with Crippen molar-refractivity contribution in [1.29, 1.82) is 0 Å². The van der Waals surface area contributed by atoms with Crippen molar-refractivity contribution in [3.8, 4) is 0 Å². The normalized spacial score (nSPS) is 136. The molecule has 82 valence electrons. The van der Waals surface area contributed by atoms with Crippen LogP contribution >= 0.6 is 0 Å². The second-order valence-corrected chi connectivity index (χ2v) is 47.8. The third kappa shape index (κ3) is 0.0470. The summed E-state index contributed by atoms with van der Waals surface area (Å²) in [5.74, 6) is 0. The molecule has 0 aromatic rings. The van der Waals surface area contributed by atoms with E-state index in [1.165, 1.54) is 40.6 Å². The zero-order valence-corrected chi connectivity index (χ0v) is 10.5. The molecular formula is C13H16ORu. The van der Waals surface area contributed by atoms with Crippen molar-refractivity contribution in [2.24, 2.45) is 0 Å². The molecule has 0 aromatic heterocycles. The van der Waals surface area contributed by atoms with Crippen molar-refractivity contribution < 1.29 is 12.8 Å². The topological polar surface area (TPSA) is 20.2 Å². The number of hydrogen-bond acceptors (Lipinski definition) is 1. The fourth-order valence-electron chi connectivity index (χ4n) is 17.6. The molecule has 2 heteroatoms. The summed E-state index contributed by atoms with van der Waals surface area (Å²) in [6, 6.07) is 0. The van der Waals surface area contributed by atoms with Gasteiger partial charge in [-0.25, -0.2) is 0 Å². The van der Waals surface area contributed by atoms with Crippen molar-refractivity contribution >= 4 is 0 Å². The zero-order chi connectivity index (χ0) is 9.30. The molecule has 0 amide bonds. The van der Waals surface area contributed by atoms with Crippen LogP contribution < -0.4 is 0 Å². The Bertz CT molecular complexity index is 817. The molecular weight excluding hydrogens is 273 g/mol. The number of aliphatic hydroxyl groups is 1. The summed E-state index contributed by atoms with van der Waals surface area (Å²) >= 11 is 0. The van der Waals surface area contributed by atoms with Crippen molar-refractivity contribution in [2.75, 3.05) is 0 Å². The van der Waals surface area contributed by atoms with Crippen molar-refractivity contribution in [1.82, 2.24) is 0 Å². The van der Waals surface area contributed by atoms with Crippen LogP contribution in [0.1, 0.15) is 13.3 Å². The van der Waals surface area contributed by atoms with E-state index in [1.54, 1.807) is 0 Å². The first-order valence-electron chi connectivity index (χ1n) is 6.92. The SMILES string of the molecule is CCC(O)[C]12[CH]3[CH]4[CH]5[CH]1[Ru]45321678[CH]2[CH]1[CH]6[CH]7[CH]28. The van der Waals surface area contributed by atoms with Gasteiger partial charge in [-0.3, -0.25) is 0 Å². The van der Waals surface area contributed by atoms with Gasteiger partial charge in [0, 0.05) is 0 Å². The third-order valence-electron chi connectivity index (χ3n) is 15.7. The first-order chi connectivity index (χ1) is 7.03. The van der Waals surface area contributed by atoms with Crippen LogP contribution in [0.4, 0.5) is 0 Å². The maximum atomic E-state index is 10.7. The minimum absolute atomic E-state index is 0.195. The summed E-state index contributed by atoms with van der Waals surface area (Å²) < 4.78 is 13.2. The summed E-state index contributed by atoms with van der Waals surface area (Å²) in [7, 11) is -3.15. The molecule has 10 aliphatic heterocycles. The Morgan fingerprint density at radius 1 is 1.00 bits per heavy atom. The average molecular weight is 289 g/mol. The average Bonchev–Trinajstić information content (AvgIpc) is 3.18. The van der Waals surface area contributed by atoms with Crippen LogP contribution in [0.3, 0.4) is 0 Å². The molecule has 10 fully saturated rings. The predicted molar refractivity (Wildman–Crippen MR) is 52.7 cm³/mol. The molecule has 10 rings (SSSR count). The van der Waals surface area contributed by atoms with Gasteiger partial charge in [0.25, 0.3) is 0 Å². The van der Waals surface area contributed by atoms with Crippen molar-refractivity contribution in [3.05, 3.63) is 0 Å². The Balaban J connectivity index is 1.77. The molecule has 1 nitrogen and oxygen atoms in total. The molecule has 5 unspecified atom stereocenters. The van der Waals surface area contributed by atoms with E-state index in [-0.39, 0.29) is 6.10 Å². The zero-order valence-electron chi connectivity index (χ0n) is 8.78. The summed E-state index contributed by atoms with van der Waals surface area (Å²) in [4.78, 5) is 0. The quantitative estimate of drug-likeness (QED) is 0.771. The first-order valence-corrected chi connectivity index (χ1v) is 16.8. The van der Waals surface area contributed by atoms with Crippen LogP contribution in [0.25, 0.3) is 0 Å². The molecule has 0 aliphatic carbocycles. The molecule has 0 radical (unpaired) electrons. The van der Waals surface area contributed by atoms with Gasteiger partial charge < -0.3 is 0 Å². The molecule has 5 atom stereocenters. The minimum atomic E-state index is -3.15. The molecule has 1 spiro atoms. The standard InChI is InChI=1S/C8H11O.C5H5.Ru/c1-2-8(9)7-5-3-4-6-7;1-2-4-5-3-1;/h3-6,8-9H,2H2,1H3;1-5H;. The Morgan fingerprint density at radius 2 is 1.47 bits per heavy atom. The molecule has 10 saturated heterocycles. The Labute approximate surface area is 76.9 Å². The molecule has 10 aliphatic rings. The first kappa shape index (κ1) is 5.48. The van der Waals surface area contributed by atoms with Gasteiger partial charge in [-0.2, -0.15) is 0 Å².